The SMILES string of the molecule is CC(OC(F)(F)F)c1ccc(OCc2ccccc2)cc1F. The topological polar surface area (TPSA) is 18.5 Å². The van der Waals surface area contributed by atoms with Gasteiger partial charge in [0.2, 0.25) is 0 Å². The molecular weight excluding hydrogens is 300 g/mol. The van der Waals surface area contributed by atoms with Gasteiger partial charge in [-0.15, -0.1) is 13.2 Å². The van der Waals surface area contributed by atoms with Gasteiger partial charge in [0.25, 0.3) is 0 Å². The molecule has 0 aliphatic rings. The summed E-state index contributed by atoms with van der Waals surface area (Å²) in [5.74, 6) is -0.563. The molecule has 0 aromatic heterocycles. The van der Waals surface area contributed by atoms with Crippen LogP contribution in [0.4, 0.5) is 17.6 Å². The Kier molecular flexibility index (Phi) is 5.03. The molecule has 0 spiro atoms. The minimum absolute atomic E-state index is 0.176. The van der Waals surface area contributed by atoms with Crippen molar-refractivity contribution in [2.75, 3.05) is 0 Å². The first-order valence-electron chi connectivity index (χ1n) is 6.56. The van der Waals surface area contributed by atoms with Crippen LogP contribution in [-0.4, -0.2) is 6.36 Å². The average Bonchev–Trinajstić information content (AvgIpc) is 2.44. The second-order valence-electron chi connectivity index (χ2n) is 4.66. The van der Waals surface area contributed by atoms with E-state index < -0.39 is 18.3 Å². The minimum Gasteiger partial charge on any atom is -0.489 e. The van der Waals surface area contributed by atoms with Crippen molar-refractivity contribution >= 4 is 0 Å². The first-order chi connectivity index (χ1) is 10.3. The number of benzene rings is 2. The zero-order chi connectivity index (χ0) is 16.2. The number of alkyl halides is 3. The lowest BCUT2D eigenvalue weighted by molar-refractivity contribution is -0.342. The molecule has 1 atom stereocenters. The third-order valence-electron chi connectivity index (χ3n) is 2.97. The summed E-state index contributed by atoms with van der Waals surface area (Å²) in [6.45, 7) is 1.38. The molecule has 118 valence electrons. The van der Waals surface area contributed by atoms with Gasteiger partial charge < -0.3 is 4.74 Å². The molecule has 2 nitrogen and oxygen atoms in total. The molecule has 0 N–H and O–H groups in total. The molecule has 0 bridgehead atoms. The normalized spacial score (nSPS) is 13.0. The Bertz CT molecular complexity index is 611. The van der Waals surface area contributed by atoms with Crippen molar-refractivity contribution in [1.82, 2.24) is 0 Å². The predicted molar refractivity (Wildman–Crippen MR) is 72.7 cm³/mol. The zero-order valence-electron chi connectivity index (χ0n) is 11.7. The Balaban J connectivity index is 2.03. The van der Waals surface area contributed by atoms with Crippen molar-refractivity contribution in [3.63, 3.8) is 0 Å². The van der Waals surface area contributed by atoms with E-state index in [4.69, 9.17) is 4.74 Å². The highest BCUT2D eigenvalue weighted by atomic mass is 19.4. The molecular formula is C16H14F4O2. The molecule has 2 aromatic carbocycles. The summed E-state index contributed by atoms with van der Waals surface area (Å²) in [5.41, 5.74) is 0.727. The Morgan fingerprint density at radius 3 is 2.32 bits per heavy atom. The van der Waals surface area contributed by atoms with Gasteiger partial charge in [-0.25, -0.2) is 4.39 Å². The van der Waals surface area contributed by atoms with Gasteiger partial charge in [-0.2, -0.15) is 0 Å². The summed E-state index contributed by atoms with van der Waals surface area (Å²) in [6.07, 6.45) is -6.24. The van der Waals surface area contributed by atoms with E-state index in [0.717, 1.165) is 18.6 Å². The van der Waals surface area contributed by atoms with Gasteiger partial charge in [-0.05, 0) is 24.6 Å². The third kappa shape index (κ3) is 4.73. The smallest absolute Gasteiger partial charge is 0.489 e. The second kappa shape index (κ2) is 6.79. The number of rotatable bonds is 5. The van der Waals surface area contributed by atoms with Crippen molar-refractivity contribution < 1.29 is 27.0 Å². The van der Waals surface area contributed by atoms with E-state index in [0.29, 0.717) is 0 Å². The van der Waals surface area contributed by atoms with Crippen LogP contribution in [0, 0.1) is 5.82 Å². The van der Waals surface area contributed by atoms with E-state index in [1.807, 2.05) is 30.3 Å². The lowest BCUT2D eigenvalue weighted by Crippen LogP contribution is -2.17. The first kappa shape index (κ1) is 16.3. The second-order valence-corrected chi connectivity index (χ2v) is 4.66. The summed E-state index contributed by atoms with van der Waals surface area (Å²) in [5, 5.41) is 0. The van der Waals surface area contributed by atoms with Crippen molar-refractivity contribution in [1.29, 1.82) is 0 Å². The highest BCUT2D eigenvalue weighted by Gasteiger charge is 2.33. The van der Waals surface area contributed by atoms with Crippen LogP contribution < -0.4 is 4.74 Å². The summed E-state index contributed by atoms with van der Waals surface area (Å²) in [4.78, 5) is 0. The van der Waals surface area contributed by atoms with E-state index in [2.05, 4.69) is 4.74 Å². The van der Waals surface area contributed by atoms with Crippen molar-refractivity contribution in [2.45, 2.75) is 26.0 Å². The molecule has 0 amide bonds. The molecule has 6 heteroatoms. The molecule has 0 aliphatic heterocycles. The lowest BCUT2D eigenvalue weighted by atomic mass is 10.1. The Labute approximate surface area is 125 Å². The van der Waals surface area contributed by atoms with Gasteiger partial charge in [-0.1, -0.05) is 30.3 Å². The summed E-state index contributed by atoms with van der Waals surface area (Å²) >= 11 is 0. The van der Waals surface area contributed by atoms with Crippen LogP contribution in [0.25, 0.3) is 0 Å². The molecule has 2 rings (SSSR count). The Morgan fingerprint density at radius 2 is 1.73 bits per heavy atom. The number of halogens is 4. The average molecular weight is 314 g/mol. The number of hydrogen-bond donors (Lipinski definition) is 0. The highest BCUT2D eigenvalue weighted by molar-refractivity contribution is 5.30. The highest BCUT2D eigenvalue weighted by Crippen LogP contribution is 2.30. The van der Waals surface area contributed by atoms with Crippen LogP contribution in [0.5, 0.6) is 5.75 Å². The molecule has 1 unspecified atom stereocenters. The van der Waals surface area contributed by atoms with Crippen LogP contribution in [0.1, 0.15) is 24.2 Å². The molecule has 0 aliphatic carbocycles. The fourth-order valence-electron chi connectivity index (χ4n) is 1.93. The van der Waals surface area contributed by atoms with Crippen molar-refractivity contribution in [2.24, 2.45) is 0 Å². The molecule has 0 saturated carbocycles. The van der Waals surface area contributed by atoms with Crippen LogP contribution >= 0.6 is 0 Å². The fraction of sp³-hybridized carbons (Fsp3) is 0.250. The van der Waals surface area contributed by atoms with E-state index in [9.17, 15) is 17.6 Å². The first-order valence-corrected chi connectivity index (χ1v) is 6.56. The van der Waals surface area contributed by atoms with Gasteiger partial charge in [0.15, 0.2) is 0 Å². The van der Waals surface area contributed by atoms with Gasteiger partial charge in [0.05, 0.1) is 6.10 Å². The molecule has 0 fully saturated rings. The summed E-state index contributed by atoms with van der Waals surface area (Å²) in [7, 11) is 0. The largest absolute Gasteiger partial charge is 0.523 e. The molecule has 0 radical (unpaired) electrons. The van der Waals surface area contributed by atoms with Crippen LogP contribution in [0.2, 0.25) is 0 Å². The Hall–Kier alpha value is -2.08. The van der Waals surface area contributed by atoms with E-state index in [1.54, 1.807) is 0 Å². The Morgan fingerprint density at radius 1 is 1.05 bits per heavy atom. The predicted octanol–water partition coefficient (Wildman–Crippen LogP) is 5.00. The van der Waals surface area contributed by atoms with Crippen LogP contribution in [-0.2, 0) is 11.3 Å². The van der Waals surface area contributed by atoms with E-state index in [1.165, 1.54) is 12.1 Å². The maximum atomic E-state index is 13.9. The zero-order valence-corrected chi connectivity index (χ0v) is 11.7. The summed E-state index contributed by atoms with van der Waals surface area (Å²) in [6, 6.07) is 12.9. The standard InChI is InChI=1S/C16H14F4O2/c1-11(22-16(18,19)20)14-8-7-13(9-15(14)17)21-10-12-5-3-2-4-6-12/h2-9,11H,10H2,1H3. The number of ether oxygens (including phenoxy) is 2. The van der Waals surface area contributed by atoms with Gasteiger partial charge >= 0.3 is 6.36 Å². The fourth-order valence-corrected chi connectivity index (χ4v) is 1.93. The van der Waals surface area contributed by atoms with Gasteiger partial charge in [0.1, 0.15) is 18.2 Å². The maximum absolute atomic E-state index is 13.9. The van der Waals surface area contributed by atoms with Gasteiger partial charge in [0, 0.05) is 11.6 Å². The monoisotopic (exact) mass is 314 g/mol. The van der Waals surface area contributed by atoms with Crippen LogP contribution in [0.3, 0.4) is 0 Å². The molecule has 0 heterocycles. The summed E-state index contributed by atoms with van der Waals surface area (Å²) < 4.78 is 59.5. The van der Waals surface area contributed by atoms with Gasteiger partial charge in [-0.3, -0.25) is 4.74 Å². The minimum atomic E-state index is -4.81. The molecule has 22 heavy (non-hydrogen) atoms. The maximum Gasteiger partial charge on any atom is 0.523 e. The quantitative estimate of drug-likeness (QED) is 0.723. The third-order valence-corrected chi connectivity index (χ3v) is 2.97. The van der Waals surface area contributed by atoms with Crippen molar-refractivity contribution in [3.05, 3.63) is 65.5 Å². The van der Waals surface area contributed by atoms with E-state index >= 15 is 0 Å². The lowest BCUT2D eigenvalue weighted by Gasteiger charge is -2.16. The molecule has 2 aromatic rings. The van der Waals surface area contributed by atoms with E-state index in [-0.39, 0.29) is 17.9 Å². The van der Waals surface area contributed by atoms with Crippen LogP contribution in [0.15, 0.2) is 48.5 Å². The number of hydrogen-bond acceptors (Lipinski definition) is 2. The van der Waals surface area contributed by atoms with Crippen molar-refractivity contribution in [3.8, 4) is 5.75 Å². The molecule has 0 saturated heterocycles.